The van der Waals surface area contributed by atoms with Crippen LogP contribution in [0, 0.1) is 19.7 Å². The largest absolute Gasteiger partial charge is 0.324 e. The Bertz CT molecular complexity index is 1100. The number of carbonyl (C=O) groups excluding carboxylic acids is 2. The molecule has 4 rings (SSSR count). The van der Waals surface area contributed by atoms with E-state index in [9.17, 15) is 14.0 Å². The van der Waals surface area contributed by atoms with Crippen molar-refractivity contribution in [3.8, 4) is 5.69 Å². The summed E-state index contributed by atoms with van der Waals surface area (Å²) in [5, 5.41) is 10.8. The van der Waals surface area contributed by atoms with Gasteiger partial charge in [-0.05, 0) is 55.3 Å². The predicted octanol–water partition coefficient (Wildman–Crippen LogP) is 3.18. The topological polar surface area (TPSA) is 80.1 Å². The van der Waals surface area contributed by atoms with Gasteiger partial charge in [-0.3, -0.25) is 9.59 Å². The van der Waals surface area contributed by atoms with Crippen molar-refractivity contribution in [1.29, 1.82) is 0 Å². The fourth-order valence-corrected chi connectivity index (χ4v) is 4.35. The highest BCUT2D eigenvalue weighted by Gasteiger charge is 2.36. The van der Waals surface area contributed by atoms with Gasteiger partial charge in [-0.25, -0.2) is 9.07 Å². The van der Waals surface area contributed by atoms with E-state index in [0.717, 1.165) is 16.8 Å². The van der Waals surface area contributed by atoms with Crippen LogP contribution in [0.5, 0.6) is 0 Å². The molecule has 0 saturated carbocycles. The van der Waals surface area contributed by atoms with Gasteiger partial charge >= 0.3 is 0 Å². The minimum atomic E-state index is -0.599. The van der Waals surface area contributed by atoms with Crippen LogP contribution in [0.4, 0.5) is 10.1 Å². The number of hydrogen-bond donors (Lipinski definition) is 1. The number of hydrogen-bond acceptors (Lipinski definition) is 5. The standard InChI is InChI=1S/C21H20FN5O2S/c1-13-4-3-5-17(14(13)2)23-20(28)19-11-30-12-26(19)21(29)18-10-27(25-24-18)16-8-6-15(22)7-9-16/h3-10,19H,11-12H2,1-2H3,(H,23,28). The van der Waals surface area contributed by atoms with Gasteiger partial charge in [0, 0.05) is 11.4 Å². The van der Waals surface area contributed by atoms with E-state index in [1.165, 1.54) is 39.7 Å². The maximum Gasteiger partial charge on any atom is 0.277 e. The summed E-state index contributed by atoms with van der Waals surface area (Å²) in [7, 11) is 0. The number of aromatic nitrogens is 3. The summed E-state index contributed by atoms with van der Waals surface area (Å²) in [5.41, 5.74) is 3.54. The summed E-state index contributed by atoms with van der Waals surface area (Å²) in [6.45, 7) is 3.93. The summed E-state index contributed by atoms with van der Waals surface area (Å²) < 4.78 is 14.5. The van der Waals surface area contributed by atoms with E-state index in [1.54, 1.807) is 12.1 Å². The van der Waals surface area contributed by atoms with E-state index < -0.39 is 6.04 Å². The molecule has 0 spiro atoms. The number of nitrogens with zero attached hydrogens (tertiary/aromatic N) is 4. The van der Waals surface area contributed by atoms with Gasteiger partial charge < -0.3 is 10.2 Å². The lowest BCUT2D eigenvalue weighted by Gasteiger charge is -2.22. The molecule has 2 amide bonds. The molecule has 1 aromatic heterocycles. The first-order valence-corrected chi connectivity index (χ1v) is 10.5. The molecule has 9 heteroatoms. The van der Waals surface area contributed by atoms with Crippen LogP contribution < -0.4 is 5.32 Å². The van der Waals surface area contributed by atoms with E-state index in [0.29, 0.717) is 17.3 Å². The average Bonchev–Trinajstić information content (AvgIpc) is 3.41. The summed E-state index contributed by atoms with van der Waals surface area (Å²) in [6, 6.07) is 10.8. The molecule has 2 heterocycles. The van der Waals surface area contributed by atoms with E-state index in [2.05, 4.69) is 15.6 Å². The Balaban J connectivity index is 1.50. The summed E-state index contributed by atoms with van der Waals surface area (Å²) >= 11 is 1.51. The van der Waals surface area contributed by atoms with Gasteiger partial charge in [0.05, 0.1) is 17.8 Å². The number of nitrogens with one attached hydrogen (secondary N) is 1. The third kappa shape index (κ3) is 3.93. The number of thioether (sulfide) groups is 1. The lowest BCUT2D eigenvalue weighted by atomic mass is 10.1. The molecule has 0 radical (unpaired) electrons. The Morgan fingerprint density at radius 2 is 1.93 bits per heavy atom. The van der Waals surface area contributed by atoms with Crippen LogP contribution in [0.1, 0.15) is 21.6 Å². The molecule has 1 aliphatic rings. The maximum absolute atomic E-state index is 13.1. The minimum Gasteiger partial charge on any atom is -0.324 e. The van der Waals surface area contributed by atoms with Gasteiger partial charge in [0.1, 0.15) is 11.9 Å². The van der Waals surface area contributed by atoms with Crippen molar-refractivity contribution in [3.63, 3.8) is 0 Å². The first kappa shape index (κ1) is 20.1. The van der Waals surface area contributed by atoms with Gasteiger partial charge in [-0.15, -0.1) is 16.9 Å². The molecule has 1 unspecified atom stereocenters. The zero-order valence-corrected chi connectivity index (χ0v) is 17.3. The monoisotopic (exact) mass is 425 g/mol. The van der Waals surface area contributed by atoms with E-state index in [4.69, 9.17) is 0 Å². The summed E-state index contributed by atoms with van der Waals surface area (Å²) in [5.74, 6) is -0.0498. The van der Waals surface area contributed by atoms with Gasteiger partial charge in [0.25, 0.3) is 5.91 Å². The van der Waals surface area contributed by atoms with E-state index >= 15 is 0 Å². The second-order valence-corrected chi connectivity index (χ2v) is 8.05. The zero-order valence-electron chi connectivity index (χ0n) is 16.5. The predicted molar refractivity (Wildman–Crippen MR) is 113 cm³/mol. The molecule has 30 heavy (non-hydrogen) atoms. The van der Waals surface area contributed by atoms with Crippen molar-refractivity contribution in [1.82, 2.24) is 19.9 Å². The number of amides is 2. The fraction of sp³-hybridized carbons (Fsp3) is 0.238. The molecule has 2 aromatic carbocycles. The third-order valence-corrected chi connectivity index (χ3v) is 6.12. The SMILES string of the molecule is Cc1cccc(NC(=O)C2CSCN2C(=O)c2cn(-c3ccc(F)cc3)nn2)c1C. The summed E-state index contributed by atoms with van der Waals surface area (Å²) in [4.78, 5) is 27.4. The van der Waals surface area contributed by atoms with Crippen LogP contribution in [0.25, 0.3) is 5.69 Å². The number of rotatable bonds is 4. The molecular formula is C21H20FN5O2S. The molecule has 0 bridgehead atoms. The van der Waals surface area contributed by atoms with Gasteiger partial charge in [0.15, 0.2) is 5.69 Å². The highest BCUT2D eigenvalue weighted by Crippen LogP contribution is 2.25. The zero-order chi connectivity index (χ0) is 21.3. The van der Waals surface area contributed by atoms with Crippen molar-refractivity contribution >= 4 is 29.3 Å². The van der Waals surface area contributed by atoms with E-state index in [-0.39, 0.29) is 23.3 Å². The normalized spacial score (nSPS) is 16.0. The molecule has 1 atom stereocenters. The van der Waals surface area contributed by atoms with Crippen molar-refractivity contribution in [3.05, 3.63) is 71.3 Å². The Kier molecular flexibility index (Phi) is 5.54. The van der Waals surface area contributed by atoms with Crippen LogP contribution in [0.2, 0.25) is 0 Å². The smallest absolute Gasteiger partial charge is 0.277 e. The van der Waals surface area contributed by atoms with Gasteiger partial charge in [0.2, 0.25) is 5.91 Å². The molecule has 7 nitrogen and oxygen atoms in total. The number of anilines is 1. The number of halogens is 1. The van der Waals surface area contributed by atoms with Crippen molar-refractivity contribution in [2.45, 2.75) is 19.9 Å². The first-order chi connectivity index (χ1) is 14.4. The van der Waals surface area contributed by atoms with E-state index in [1.807, 2.05) is 32.0 Å². The molecule has 0 aliphatic carbocycles. The van der Waals surface area contributed by atoms with Gasteiger partial charge in [-0.2, -0.15) is 0 Å². The third-order valence-electron chi connectivity index (χ3n) is 5.11. The Labute approximate surface area is 177 Å². The van der Waals surface area contributed by atoms with Crippen LogP contribution >= 0.6 is 11.8 Å². The second kappa shape index (κ2) is 8.27. The molecular weight excluding hydrogens is 405 g/mol. The van der Waals surface area contributed by atoms with Crippen molar-refractivity contribution < 1.29 is 14.0 Å². The Morgan fingerprint density at radius 1 is 1.17 bits per heavy atom. The number of aryl methyl sites for hydroxylation is 1. The Morgan fingerprint density at radius 3 is 2.70 bits per heavy atom. The number of carbonyl (C=O) groups is 2. The first-order valence-electron chi connectivity index (χ1n) is 9.38. The minimum absolute atomic E-state index is 0.131. The van der Waals surface area contributed by atoms with Crippen molar-refractivity contribution in [2.24, 2.45) is 0 Å². The highest BCUT2D eigenvalue weighted by molar-refractivity contribution is 7.99. The molecule has 1 saturated heterocycles. The maximum atomic E-state index is 13.1. The lowest BCUT2D eigenvalue weighted by molar-refractivity contribution is -0.119. The molecule has 1 aliphatic heterocycles. The van der Waals surface area contributed by atoms with Crippen LogP contribution in [-0.2, 0) is 4.79 Å². The fourth-order valence-electron chi connectivity index (χ4n) is 3.19. The van der Waals surface area contributed by atoms with Gasteiger partial charge in [-0.1, -0.05) is 17.3 Å². The molecule has 1 N–H and O–H groups in total. The highest BCUT2D eigenvalue weighted by atomic mass is 32.2. The van der Waals surface area contributed by atoms with Crippen LogP contribution in [0.15, 0.2) is 48.7 Å². The summed E-state index contributed by atoms with van der Waals surface area (Å²) in [6.07, 6.45) is 1.48. The van der Waals surface area contributed by atoms with Crippen LogP contribution in [0.3, 0.4) is 0 Å². The molecule has 154 valence electrons. The molecule has 1 fully saturated rings. The molecule has 3 aromatic rings. The van der Waals surface area contributed by atoms with Crippen molar-refractivity contribution in [2.75, 3.05) is 16.9 Å². The second-order valence-electron chi connectivity index (χ2n) is 7.05. The quantitative estimate of drug-likeness (QED) is 0.695. The lowest BCUT2D eigenvalue weighted by Crippen LogP contribution is -2.44. The average molecular weight is 425 g/mol. The van der Waals surface area contributed by atoms with Crippen LogP contribution in [-0.4, -0.2) is 49.4 Å². The Hall–Kier alpha value is -3.20. The number of benzene rings is 2.